The first kappa shape index (κ1) is 9.12. The molecule has 4 heteroatoms. The van der Waals surface area contributed by atoms with E-state index in [1.807, 2.05) is 0 Å². The lowest BCUT2D eigenvalue weighted by atomic mass is 10.2. The summed E-state index contributed by atoms with van der Waals surface area (Å²) in [6.07, 6.45) is -2.64. The summed E-state index contributed by atoms with van der Waals surface area (Å²) in [5.74, 6) is 0. The quantitative estimate of drug-likeness (QED) is 0.613. The molecule has 2 aromatic heterocycles. The maximum atomic E-state index is 12.5. The third-order valence-corrected chi connectivity index (χ3v) is 2.24. The second-order valence-corrected chi connectivity index (χ2v) is 3.14. The first-order chi connectivity index (χ1) is 6.50. The van der Waals surface area contributed by atoms with Crippen LogP contribution in [0.1, 0.15) is 11.3 Å². The van der Waals surface area contributed by atoms with Crippen molar-refractivity contribution in [3.8, 4) is 0 Å². The monoisotopic (exact) mass is 199 g/mol. The molecular formula is C10H8F3N. The van der Waals surface area contributed by atoms with Gasteiger partial charge in [0.25, 0.3) is 0 Å². The van der Waals surface area contributed by atoms with Crippen molar-refractivity contribution in [2.75, 3.05) is 0 Å². The molecule has 0 aliphatic heterocycles. The van der Waals surface area contributed by atoms with E-state index in [0.717, 1.165) is 6.07 Å². The molecule has 0 saturated carbocycles. The van der Waals surface area contributed by atoms with Gasteiger partial charge in [0.1, 0.15) is 0 Å². The molecule has 2 aromatic rings. The zero-order valence-electron chi connectivity index (χ0n) is 7.47. The molecule has 0 radical (unpaired) electrons. The Morgan fingerprint density at radius 3 is 2.50 bits per heavy atom. The van der Waals surface area contributed by atoms with Gasteiger partial charge in [0.2, 0.25) is 0 Å². The van der Waals surface area contributed by atoms with E-state index < -0.39 is 11.7 Å². The van der Waals surface area contributed by atoms with Crippen LogP contribution in [0, 0.1) is 6.92 Å². The molecule has 1 nitrogen and oxygen atoms in total. The number of alkyl halides is 3. The number of aryl methyl sites for hydroxylation is 1. The molecule has 74 valence electrons. The van der Waals surface area contributed by atoms with Gasteiger partial charge in [-0.3, -0.25) is 0 Å². The molecule has 0 fully saturated rings. The normalized spacial score (nSPS) is 12.3. The fraction of sp³-hybridized carbons (Fsp3) is 0.200. The predicted octanol–water partition coefficient (Wildman–Crippen LogP) is 3.27. The van der Waals surface area contributed by atoms with Crippen molar-refractivity contribution in [2.45, 2.75) is 13.1 Å². The fourth-order valence-corrected chi connectivity index (χ4v) is 1.55. The van der Waals surface area contributed by atoms with Crippen molar-refractivity contribution in [1.29, 1.82) is 0 Å². The SMILES string of the molecule is Cc1c(C(F)(F)F)cc2ccccn12. The molecule has 0 aromatic carbocycles. The number of hydrogen-bond acceptors (Lipinski definition) is 0. The van der Waals surface area contributed by atoms with Crippen molar-refractivity contribution in [3.63, 3.8) is 0 Å². The van der Waals surface area contributed by atoms with E-state index in [-0.39, 0.29) is 5.69 Å². The molecule has 0 aliphatic rings. The average Bonchev–Trinajstić information content (AvgIpc) is 2.44. The van der Waals surface area contributed by atoms with E-state index in [1.54, 1.807) is 24.4 Å². The predicted molar refractivity (Wildman–Crippen MR) is 47.1 cm³/mol. The highest BCUT2D eigenvalue weighted by Gasteiger charge is 2.34. The summed E-state index contributed by atoms with van der Waals surface area (Å²) < 4.78 is 39.0. The van der Waals surface area contributed by atoms with Gasteiger partial charge in [-0.25, -0.2) is 0 Å². The first-order valence-electron chi connectivity index (χ1n) is 4.14. The Morgan fingerprint density at radius 1 is 1.21 bits per heavy atom. The summed E-state index contributed by atoms with van der Waals surface area (Å²) in [6.45, 7) is 1.47. The Morgan fingerprint density at radius 2 is 1.93 bits per heavy atom. The van der Waals surface area contributed by atoms with Gasteiger partial charge in [-0.05, 0) is 25.1 Å². The fourth-order valence-electron chi connectivity index (χ4n) is 1.55. The van der Waals surface area contributed by atoms with Crippen molar-refractivity contribution in [2.24, 2.45) is 0 Å². The Balaban J connectivity index is 2.75. The Kier molecular flexibility index (Phi) is 1.80. The summed E-state index contributed by atoms with van der Waals surface area (Å²) in [6, 6.07) is 6.24. The summed E-state index contributed by atoms with van der Waals surface area (Å²) in [4.78, 5) is 0. The first-order valence-corrected chi connectivity index (χ1v) is 4.14. The largest absolute Gasteiger partial charge is 0.418 e. The third-order valence-electron chi connectivity index (χ3n) is 2.24. The van der Waals surface area contributed by atoms with Crippen LogP contribution >= 0.6 is 0 Å². The van der Waals surface area contributed by atoms with E-state index in [1.165, 1.54) is 11.3 Å². The highest BCUT2D eigenvalue weighted by atomic mass is 19.4. The van der Waals surface area contributed by atoms with E-state index in [4.69, 9.17) is 0 Å². The van der Waals surface area contributed by atoms with Gasteiger partial charge in [0.05, 0.1) is 5.56 Å². The molecule has 0 atom stereocenters. The molecular weight excluding hydrogens is 191 g/mol. The standard InChI is InChI=1S/C10H8F3N/c1-7-9(10(11,12)13)6-8-4-2-3-5-14(7)8/h2-6H,1H3. The number of pyridine rings is 1. The summed E-state index contributed by atoms with van der Waals surface area (Å²) in [5, 5.41) is 0. The Hall–Kier alpha value is -1.45. The molecule has 0 amide bonds. The Labute approximate surface area is 78.8 Å². The van der Waals surface area contributed by atoms with Gasteiger partial charge in [-0.1, -0.05) is 6.07 Å². The van der Waals surface area contributed by atoms with Crippen LogP contribution in [-0.2, 0) is 6.18 Å². The molecule has 0 spiro atoms. The summed E-state index contributed by atoms with van der Waals surface area (Å²) in [7, 11) is 0. The smallest absolute Gasteiger partial charge is 0.321 e. The zero-order valence-corrected chi connectivity index (χ0v) is 7.47. The molecule has 0 N–H and O–H groups in total. The van der Waals surface area contributed by atoms with Crippen LogP contribution in [0.5, 0.6) is 0 Å². The van der Waals surface area contributed by atoms with Crippen LogP contribution in [0.2, 0.25) is 0 Å². The van der Waals surface area contributed by atoms with Gasteiger partial charge in [0, 0.05) is 17.4 Å². The van der Waals surface area contributed by atoms with E-state index >= 15 is 0 Å². The number of aromatic nitrogens is 1. The third kappa shape index (κ3) is 1.27. The molecule has 14 heavy (non-hydrogen) atoms. The second kappa shape index (κ2) is 2.77. The van der Waals surface area contributed by atoms with Gasteiger partial charge in [-0.2, -0.15) is 13.2 Å². The van der Waals surface area contributed by atoms with Crippen LogP contribution < -0.4 is 0 Å². The van der Waals surface area contributed by atoms with Crippen molar-refractivity contribution in [3.05, 3.63) is 41.7 Å². The summed E-state index contributed by atoms with van der Waals surface area (Å²) in [5.41, 5.74) is 0.231. The van der Waals surface area contributed by atoms with Gasteiger partial charge in [0.15, 0.2) is 0 Å². The molecule has 0 unspecified atom stereocenters. The minimum atomic E-state index is -4.27. The molecule has 2 rings (SSSR count). The number of nitrogens with zero attached hydrogens (tertiary/aromatic N) is 1. The number of rotatable bonds is 0. The minimum absolute atomic E-state index is 0.230. The highest BCUT2D eigenvalue weighted by molar-refractivity contribution is 5.53. The molecule has 0 bridgehead atoms. The van der Waals surface area contributed by atoms with Crippen LogP contribution in [-0.4, -0.2) is 4.40 Å². The molecule has 0 aliphatic carbocycles. The van der Waals surface area contributed by atoms with Gasteiger partial charge < -0.3 is 4.40 Å². The molecule has 2 heterocycles. The van der Waals surface area contributed by atoms with Gasteiger partial charge in [-0.15, -0.1) is 0 Å². The molecule has 0 saturated heterocycles. The van der Waals surface area contributed by atoms with Gasteiger partial charge >= 0.3 is 6.18 Å². The van der Waals surface area contributed by atoms with E-state index in [2.05, 4.69) is 0 Å². The van der Waals surface area contributed by atoms with Crippen molar-refractivity contribution in [1.82, 2.24) is 4.40 Å². The van der Waals surface area contributed by atoms with Crippen molar-refractivity contribution >= 4 is 5.52 Å². The lowest BCUT2D eigenvalue weighted by molar-refractivity contribution is -0.137. The van der Waals surface area contributed by atoms with Crippen molar-refractivity contribution < 1.29 is 13.2 Å². The minimum Gasteiger partial charge on any atom is -0.321 e. The van der Waals surface area contributed by atoms with Crippen LogP contribution in [0.3, 0.4) is 0 Å². The second-order valence-electron chi connectivity index (χ2n) is 3.14. The summed E-state index contributed by atoms with van der Waals surface area (Å²) >= 11 is 0. The van der Waals surface area contributed by atoms with Crippen LogP contribution in [0.15, 0.2) is 30.5 Å². The number of fused-ring (bicyclic) bond motifs is 1. The lowest BCUT2D eigenvalue weighted by Gasteiger charge is -2.04. The zero-order chi connectivity index (χ0) is 10.3. The van der Waals surface area contributed by atoms with Crippen LogP contribution in [0.25, 0.3) is 5.52 Å². The average molecular weight is 199 g/mol. The maximum Gasteiger partial charge on any atom is 0.418 e. The topological polar surface area (TPSA) is 4.41 Å². The Bertz CT molecular complexity index is 468. The van der Waals surface area contributed by atoms with E-state index in [9.17, 15) is 13.2 Å². The number of halogens is 3. The highest BCUT2D eigenvalue weighted by Crippen LogP contribution is 2.33. The lowest BCUT2D eigenvalue weighted by Crippen LogP contribution is -2.05. The maximum absolute atomic E-state index is 12.5. The van der Waals surface area contributed by atoms with Crippen LogP contribution in [0.4, 0.5) is 13.2 Å². The van der Waals surface area contributed by atoms with E-state index in [0.29, 0.717) is 5.52 Å². The number of hydrogen-bond donors (Lipinski definition) is 0.